The van der Waals surface area contributed by atoms with E-state index in [-0.39, 0.29) is 0 Å². The zero-order valence-corrected chi connectivity index (χ0v) is 9.91. The lowest BCUT2D eigenvalue weighted by atomic mass is 9.57. The molecule has 4 N–H and O–H groups in total. The first-order valence-electron chi connectivity index (χ1n) is 6.36. The molecule has 2 unspecified atom stereocenters. The van der Waals surface area contributed by atoms with Gasteiger partial charge in [-0.1, -0.05) is 6.42 Å². The van der Waals surface area contributed by atoms with Gasteiger partial charge in [0, 0.05) is 19.1 Å². The van der Waals surface area contributed by atoms with E-state index in [9.17, 15) is 0 Å². The van der Waals surface area contributed by atoms with E-state index < -0.39 is 0 Å². The van der Waals surface area contributed by atoms with Crippen LogP contribution >= 0.6 is 0 Å². The van der Waals surface area contributed by atoms with Crippen molar-refractivity contribution in [3.63, 3.8) is 0 Å². The Labute approximate surface area is 93.2 Å². The summed E-state index contributed by atoms with van der Waals surface area (Å²) in [6.45, 7) is 6.26. The Kier molecular flexibility index (Phi) is 3.33. The highest BCUT2D eigenvalue weighted by molar-refractivity contribution is 4.99. The second-order valence-corrected chi connectivity index (χ2v) is 5.48. The Bertz CT molecular complexity index is 213. The molecule has 0 radical (unpaired) electrons. The number of hydrogen-bond acceptors (Lipinski definition) is 3. The highest BCUT2D eigenvalue weighted by Gasteiger charge is 2.46. The van der Waals surface area contributed by atoms with Crippen LogP contribution in [0.1, 0.15) is 32.6 Å². The number of likely N-dealkylation sites (tertiary alicyclic amines) is 1. The van der Waals surface area contributed by atoms with Gasteiger partial charge < -0.3 is 11.5 Å². The van der Waals surface area contributed by atoms with Gasteiger partial charge in [0.15, 0.2) is 0 Å². The molecule has 3 nitrogen and oxygen atoms in total. The number of rotatable bonds is 3. The van der Waals surface area contributed by atoms with Crippen molar-refractivity contribution in [2.45, 2.75) is 38.6 Å². The fraction of sp³-hybridized carbons (Fsp3) is 1.00. The van der Waals surface area contributed by atoms with Crippen LogP contribution in [0, 0.1) is 11.3 Å². The van der Waals surface area contributed by atoms with Gasteiger partial charge in [-0.2, -0.15) is 0 Å². The van der Waals surface area contributed by atoms with Crippen LogP contribution in [0.15, 0.2) is 0 Å². The van der Waals surface area contributed by atoms with Crippen LogP contribution in [0.2, 0.25) is 0 Å². The lowest BCUT2D eigenvalue weighted by molar-refractivity contribution is -0.0355. The van der Waals surface area contributed by atoms with Crippen molar-refractivity contribution in [1.29, 1.82) is 0 Å². The largest absolute Gasteiger partial charge is 0.330 e. The summed E-state index contributed by atoms with van der Waals surface area (Å²) < 4.78 is 0. The summed E-state index contributed by atoms with van der Waals surface area (Å²) in [6.07, 6.45) is 5.60. The van der Waals surface area contributed by atoms with Gasteiger partial charge in [-0.3, -0.25) is 4.90 Å². The molecule has 0 bridgehead atoms. The zero-order valence-electron chi connectivity index (χ0n) is 9.91. The van der Waals surface area contributed by atoms with E-state index in [1.165, 1.54) is 38.8 Å². The third kappa shape index (κ3) is 1.93. The van der Waals surface area contributed by atoms with E-state index in [0.717, 1.165) is 13.1 Å². The molecular weight excluding hydrogens is 186 g/mol. The molecule has 2 aliphatic rings. The lowest BCUT2D eigenvalue weighted by Crippen LogP contribution is -2.56. The highest BCUT2D eigenvalue weighted by Crippen LogP contribution is 2.51. The van der Waals surface area contributed by atoms with Gasteiger partial charge in [-0.15, -0.1) is 0 Å². The second kappa shape index (κ2) is 4.40. The molecule has 1 heterocycles. The van der Waals surface area contributed by atoms with Crippen molar-refractivity contribution in [3.8, 4) is 0 Å². The summed E-state index contributed by atoms with van der Waals surface area (Å²) >= 11 is 0. The summed E-state index contributed by atoms with van der Waals surface area (Å²) in [6, 6.07) is 0.525. The standard InChI is InChI=1S/C12H25N3/c1-10(7-13)15-6-5-12(3-2-4-12)11(8-14)9-15/h10-11H,2-9,13-14H2,1H3. The first-order valence-corrected chi connectivity index (χ1v) is 6.36. The second-order valence-electron chi connectivity index (χ2n) is 5.48. The SMILES string of the molecule is CC(CN)N1CCC2(CCC2)C(CN)C1. The summed E-state index contributed by atoms with van der Waals surface area (Å²) in [7, 11) is 0. The van der Waals surface area contributed by atoms with E-state index in [0.29, 0.717) is 17.4 Å². The fourth-order valence-corrected chi connectivity index (χ4v) is 3.30. The zero-order chi connectivity index (χ0) is 10.9. The van der Waals surface area contributed by atoms with E-state index >= 15 is 0 Å². The molecule has 1 saturated heterocycles. The van der Waals surface area contributed by atoms with E-state index in [1.807, 2.05) is 0 Å². The Balaban J connectivity index is 1.97. The van der Waals surface area contributed by atoms with Crippen molar-refractivity contribution < 1.29 is 0 Å². The topological polar surface area (TPSA) is 55.3 Å². The minimum Gasteiger partial charge on any atom is -0.330 e. The molecule has 0 aromatic heterocycles. The van der Waals surface area contributed by atoms with Crippen LogP contribution in [-0.2, 0) is 0 Å². The average molecular weight is 211 g/mol. The number of hydrogen-bond donors (Lipinski definition) is 2. The molecule has 1 spiro atoms. The van der Waals surface area contributed by atoms with Crippen LogP contribution < -0.4 is 11.5 Å². The number of nitrogens with two attached hydrogens (primary N) is 2. The molecule has 2 rings (SSSR count). The van der Waals surface area contributed by atoms with Gasteiger partial charge in [-0.25, -0.2) is 0 Å². The molecule has 2 atom stereocenters. The average Bonchev–Trinajstić information content (AvgIpc) is 2.24. The first kappa shape index (κ1) is 11.4. The maximum Gasteiger partial charge on any atom is 0.0190 e. The van der Waals surface area contributed by atoms with Crippen molar-refractivity contribution in [2.24, 2.45) is 22.8 Å². The molecular formula is C12H25N3. The van der Waals surface area contributed by atoms with Crippen molar-refractivity contribution >= 4 is 0 Å². The molecule has 2 fully saturated rings. The molecule has 1 aliphatic carbocycles. The molecule has 88 valence electrons. The van der Waals surface area contributed by atoms with Crippen LogP contribution in [0.3, 0.4) is 0 Å². The number of piperidine rings is 1. The smallest absolute Gasteiger partial charge is 0.0190 e. The Hall–Kier alpha value is -0.120. The monoisotopic (exact) mass is 211 g/mol. The maximum atomic E-state index is 5.93. The van der Waals surface area contributed by atoms with Crippen molar-refractivity contribution in [1.82, 2.24) is 4.90 Å². The summed E-state index contributed by atoms with van der Waals surface area (Å²) in [5.74, 6) is 0.717. The molecule has 15 heavy (non-hydrogen) atoms. The summed E-state index contributed by atoms with van der Waals surface area (Å²) in [5, 5.41) is 0. The van der Waals surface area contributed by atoms with Crippen molar-refractivity contribution in [3.05, 3.63) is 0 Å². The van der Waals surface area contributed by atoms with Gasteiger partial charge in [0.25, 0.3) is 0 Å². The Morgan fingerprint density at radius 2 is 2.07 bits per heavy atom. The quantitative estimate of drug-likeness (QED) is 0.725. The Morgan fingerprint density at radius 1 is 1.33 bits per heavy atom. The van der Waals surface area contributed by atoms with E-state index in [4.69, 9.17) is 11.5 Å². The lowest BCUT2D eigenvalue weighted by Gasteiger charge is -2.54. The normalized spacial score (nSPS) is 32.6. The molecule has 0 amide bonds. The van der Waals surface area contributed by atoms with Crippen LogP contribution in [-0.4, -0.2) is 37.1 Å². The van der Waals surface area contributed by atoms with E-state index in [2.05, 4.69) is 11.8 Å². The molecule has 1 saturated carbocycles. The number of nitrogens with zero attached hydrogens (tertiary/aromatic N) is 1. The first-order chi connectivity index (χ1) is 7.22. The van der Waals surface area contributed by atoms with Crippen LogP contribution in [0.25, 0.3) is 0 Å². The molecule has 0 aromatic carbocycles. The van der Waals surface area contributed by atoms with Gasteiger partial charge >= 0.3 is 0 Å². The highest BCUT2D eigenvalue weighted by atomic mass is 15.2. The molecule has 3 heteroatoms. The van der Waals surface area contributed by atoms with Crippen LogP contribution in [0.5, 0.6) is 0 Å². The van der Waals surface area contributed by atoms with Gasteiger partial charge in [0.1, 0.15) is 0 Å². The fourth-order valence-electron chi connectivity index (χ4n) is 3.30. The van der Waals surface area contributed by atoms with Crippen LogP contribution in [0.4, 0.5) is 0 Å². The summed E-state index contributed by atoms with van der Waals surface area (Å²) in [4.78, 5) is 2.53. The predicted molar refractivity (Wildman–Crippen MR) is 63.5 cm³/mol. The van der Waals surface area contributed by atoms with E-state index in [1.54, 1.807) is 0 Å². The van der Waals surface area contributed by atoms with Gasteiger partial charge in [0.2, 0.25) is 0 Å². The molecule has 1 aliphatic heterocycles. The minimum atomic E-state index is 0.525. The van der Waals surface area contributed by atoms with Gasteiger partial charge in [-0.05, 0) is 50.6 Å². The maximum absolute atomic E-state index is 5.93. The third-order valence-corrected chi connectivity index (χ3v) is 4.82. The van der Waals surface area contributed by atoms with Crippen molar-refractivity contribution in [2.75, 3.05) is 26.2 Å². The summed E-state index contributed by atoms with van der Waals surface area (Å²) in [5.41, 5.74) is 12.3. The minimum absolute atomic E-state index is 0.525. The third-order valence-electron chi connectivity index (χ3n) is 4.82. The Morgan fingerprint density at radius 3 is 2.53 bits per heavy atom. The predicted octanol–water partition coefficient (Wildman–Crippen LogP) is 0.785. The van der Waals surface area contributed by atoms with Gasteiger partial charge in [0.05, 0.1) is 0 Å². The molecule has 0 aromatic rings.